The zero-order chi connectivity index (χ0) is 11.5. The molecule has 0 fully saturated rings. The second kappa shape index (κ2) is 3.91. The quantitative estimate of drug-likeness (QED) is 0.775. The molecule has 0 spiro atoms. The van der Waals surface area contributed by atoms with Crippen molar-refractivity contribution in [1.82, 2.24) is 5.16 Å². The molecule has 0 saturated carbocycles. The lowest BCUT2D eigenvalue weighted by molar-refractivity contribution is 0.0697. The summed E-state index contributed by atoms with van der Waals surface area (Å²) in [5.74, 6) is 1.60. The van der Waals surface area contributed by atoms with Crippen LogP contribution in [-0.4, -0.2) is 16.2 Å². The first kappa shape index (κ1) is 9.99. The molecule has 0 atom stereocenters. The van der Waals surface area contributed by atoms with Crippen molar-refractivity contribution in [3.05, 3.63) is 41.6 Å². The zero-order valence-electron chi connectivity index (χ0n) is 8.18. The summed E-state index contributed by atoms with van der Waals surface area (Å²) >= 11 is 0. The first-order valence-electron chi connectivity index (χ1n) is 4.47. The molecule has 0 aliphatic heterocycles. The molecule has 0 aliphatic rings. The van der Waals surface area contributed by atoms with Gasteiger partial charge in [-0.25, -0.2) is 4.79 Å². The van der Waals surface area contributed by atoms with E-state index >= 15 is 0 Å². The molecule has 1 aromatic carbocycles. The lowest BCUT2D eigenvalue weighted by atomic mass is 10.1. The monoisotopic (exact) mass is 213 g/mol. The van der Waals surface area contributed by atoms with Crippen molar-refractivity contribution in [2.24, 2.45) is 0 Å². The summed E-state index contributed by atoms with van der Waals surface area (Å²) in [5, 5.41) is 12.4. The Morgan fingerprint density at radius 2 is 2.31 bits per heavy atom. The van der Waals surface area contributed by atoms with Crippen LogP contribution in [0, 0.1) is 12.3 Å². The molecular weight excluding hydrogens is 206 g/mol. The van der Waals surface area contributed by atoms with Gasteiger partial charge in [0.15, 0.2) is 5.76 Å². The molecule has 2 aromatic rings. The van der Waals surface area contributed by atoms with Crippen molar-refractivity contribution in [3.63, 3.8) is 0 Å². The molecule has 4 heteroatoms. The smallest absolute Gasteiger partial charge is 0.341 e. The largest absolute Gasteiger partial charge is 0.477 e. The number of carboxylic acid groups (broad SMARTS) is 1. The van der Waals surface area contributed by atoms with Crippen LogP contribution in [0.3, 0.4) is 0 Å². The first-order chi connectivity index (χ1) is 7.72. The van der Waals surface area contributed by atoms with Crippen LogP contribution >= 0.6 is 0 Å². The number of rotatable bonds is 2. The van der Waals surface area contributed by atoms with Gasteiger partial charge in [0.2, 0.25) is 0 Å². The van der Waals surface area contributed by atoms with Crippen LogP contribution in [-0.2, 0) is 0 Å². The fourth-order valence-electron chi connectivity index (χ4n) is 1.35. The first-order valence-corrected chi connectivity index (χ1v) is 4.47. The number of aromatic carboxylic acids is 1. The maximum atomic E-state index is 10.9. The molecule has 1 N–H and O–H groups in total. The Balaban J connectivity index is 2.55. The topological polar surface area (TPSA) is 63.3 Å². The predicted octanol–water partition coefficient (Wildman–Crippen LogP) is 2.02. The molecule has 0 radical (unpaired) electrons. The Kier molecular flexibility index (Phi) is 2.44. The number of benzene rings is 1. The molecule has 0 amide bonds. The summed E-state index contributed by atoms with van der Waals surface area (Å²) < 4.78 is 4.91. The Bertz CT molecular complexity index is 578. The Morgan fingerprint density at radius 3 is 3.00 bits per heavy atom. The predicted molar refractivity (Wildman–Crippen MR) is 56.8 cm³/mol. The minimum Gasteiger partial charge on any atom is -0.477 e. The van der Waals surface area contributed by atoms with E-state index in [9.17, 15) is 4.79 Å². The molecule has 0 aliphatic carbocycles. The van der Waals surface area contributed by atoms with Crippen LogP contribution < -0.4 is 0 Å². The summed E-state index contributed by atoms with van der Waals surface area (Å²) in [6.07, 6.45) is 6.42. The number of carbonyl (C=O) groups is 1. The summed E-state index contributed by atoms with van der Waals surface area (Å²) in [6, 6.07) is 6.87. The van der Waals surface area contributed by atoms with Gasteiger partial charge in [0, 0.05) is 11.1 Å². The van der Waals surface area contributed by atoms with E-state index < -0.39 is 5.97 Å². The summed E-state index contributed by atoms with van der Waals surface area (Å²) in [4.78, 5) is 10.9. The van der Waals surface area contributed by atoms with Gasteiger partial charge in [-0.3, -0.25) is 0 Å². The van der Waals surface area contributed by atoms with Gasteiger partial charge >= 0.3 is 5.97 Å². The number of aromatic nitrogens is 1. The van der Waals surface area contributed by atoms with Crippen LogP contribution in [0.15, 0.2) is 35.0 Å². The van der Waals surface area contributed by atoms with Crippen LogP contribution in [0.4, 0.5) is 0 Å². The number of hydrogen-bond acceptors (Lipinski definition) is 3. The SMILES string of the molecule is C#Cc1cccc(-c2oncc2C(=O)O)c1. The van der Waals surface area contributed by atoms with Gasteiger partial charge in [-0.05, 0) is 12.1 Å². The fourth-order valence-corrected chi connectivity index (χ4v) is 1.35. The summed E-state index contributed by atoms with van der Waals surface area (Å²) in [5.41, 5.74) is 1.28. The summed E-state index contributed by atoms with van der Waals surface area (Å²) in [6.45, 7) is 0. The minimum absolute atomic E-state index is 0.0224. The zero-order valence-corrected chi connectivity index (χ0v) is 8.18. The molecule has 0 bridgehead atoms. The van der Waals surface area contributed by atoms with Crippen molar-refractivity contribution in [2.45, 2.75) is 0 Å². The number of hydrogen-bond donors (Lipinski definition) is 1. The lowest BCUT2D eigenvalue weighted by Crippen LogP contribution is -1.95. The van der Waals surface area contributed by atoms with Crippen LogP contribution in [0.25, 0.3) is 11.3 Å². The molecule has 0 saturated heterocycles. The van der Waals surface area contributed by atoms with Gasteiger partial charge in [0.05, 0.1) is 6.20 Å². The lowest BCUT2D eigenvalue weighted by Gasteiger charge is -1.98. The van der Waals surface area contributed by atoms with Gasteiger partial charge in [0.25, 0.3) is 0 Å². The van der Waals surface area contributed by atoms with E-state index in [-0.39, 0.29) is 11.3 Å². The van der Waals surface area contributed by atoms with Crippen molar-refractivity contribution >= 4 is 5.97 Å². The number of nitrogens with zero attached hydrogens (tertiary/aromatic N) is 1. The van der Waals surface area contributed by atoms with Crippen molar-refractivity contribution < 1.29 is 14.4 Å². The van der Waals surface area contributed by atoms with Gasteiger partial charge in [-0.2, -0.15) is 0 Å². The second-order valence-electron chi connectivity index (χ2n) is 3.10. The van der Waals surface area contributed by atoms with Crippen LogP contribution in [0.2, 0.25) is 0 Å². The highest BCUT2D eigenvalue weighted by atomic mass is 16.5. The van der Waals surface area contributed by atoms with Crippen molar-refractivity contribution in [1.29, 1.82) is 0 Å². The van der Waals surface area contributed by atoms with E-state index in [0.717, 1.165) is 0 Å². The van der Waals surface area contributed by atoms with Crippen LogP contribution in [0.5, 0.6) is 0 Å². The van der Waals surface area contributed by atoms with E-state index in [4.69, 9.17) is 16.1 Å². The third kappa shape index (κ3) is 1.66. The van der Waals surface area contributed by atoms with Gasteiger partial charge in [-0.1, -0.05) is 23.2 Å². The fraction of sp³-hybridized carbons (Fsp3) is 0. The molecule has 1 aromatic heterocycles. The third-order valence-corrected chi connectivity index (χ3v) is 2.09. The van der Waals surface area contributed by atoms with E-state index in [2.05, 4.69) is 11.1 Å². The average molecular weight is 213 g/mol. The molecular formula is C12H7NO3. The number of terminal acetylenes is 1. The molecule has 78 valence electrons. The normalized spacial score (nSPS) is 9.69. The maximum absolute atomic E-state index is 10.9. The second-order valence-corrected chi connectivity index (χ2v) is 3.10. The minimum atomic E-state index is -1.08. The Labute approximate surface area is 91.5 Å². The third-order valence-electron chi connectivity index (χ3n) is 2.09. The van der Waals surface area contributed by atoms with E-state index in [1.807, 2.05) is 0 Å². The highest BCUT2D eigenvalue weighted by Crippen LogP contribution is 2.24. The number of carboxylic acids is 1. The van der Waals surface area contributed by atoms with Gasteiger partial charge in [-0.15, -0.1) is 6.42 Å². The highest BCUT2D eigenvalue weighted by Gasteiger charge is 2.16. The maximum Gasteiger partial charge on any atom is 0.341 e. The molecule has 1 heterocycles. The average Bonchev–Trinajstić information content (AvgIpc) is 2.78. The molecule has 16 heavy (non-hydrogen) atoms. The van der Waals surface area contributed by atoms with Gasteiger partial charge < -0.3 is 9.63 Å². The van der Waals surface area contributed by atoms with Crippen molar-refractivity contribution in [2.75, 3.05) is 0 Å². The summed E-state index contributed by atoms with van der Waals surface area (Å²) in [7, 11) is 0. The van der Waals surface area contributed by atoms with Crippen molar-refractivity contribution in [3.8, 4) is 23.7 Å². The van der Waals surface area contributed by atoms with E-state index in [1.165, 1.54) is 6.20 Å². The molecule has 4 nitrogen and oxygen atoms in total. The highest BCUT2D eigenvalue weighted by molar-refractivity contribution is 5.93. The standard InChI is InChI=1S/C12H7NO3/c1-2-8-4-3-5-9(6-8)11-10(12(14)15)7-13-16-11/h1,3-7H,(H,14,15). The Morgan fingerprint density at radius 1 is 1.50 bits per heavy atom. The van der Waals surface area contributed by atoms with Crippen LogP contribution in [0.1, 0.15) is 15.9 Å². The van der Waals surface area contributed by atoms with Gasteiger partial charge in [0.1, 0.15) is 5.56 Å². The molecule has 2 rings (SSSR count). The Hall–Kier alpha value is -2.54. The van der Waals surface area contributed by atoms with E-state index in [1.54, 1.807) is 24.3 Å². The molecule has 0 unspecified atom stereocenters. The van der Waals surface area contributed by atoms with E-state index in [0.29, 0.717) is 11.1 Å².